The second-order valence-electron chi connectivity index (χ2n) is 3.39. The highest BCUT2D eigenvalue weighted by molar-refractivity contribution is 7.05. The lowest BCUT2D eigenvalue weighted by Gasteiger charge is -2.04. The fourth-order valence-electron chi connectivity index (χ4n) is 1.31. The average molecular weight is 268 g/mol. The molecule has 2 rings (SSSR count). The molecule has 1 atom stereocenters. The third kappa shape index (κ3) is 2.51. The molecule has 0 aromatic carbocycles. The zero-order valence-corrected chi connectivity index (χ0v) is 9.74. The van der Waals surface area contributed by atoms with Crippen molar-refractivity contribution in [1.29, 1.82) is 0 Å². The Kier molecular flexibility index (Phi) is 3.33. The Bertz CT molecular complexity index is 565. The van der Waals surface area contributed by atoms with E-state index >= 15 is 0 Å². The summed E-state index contributed by atoms with van der Waals surface area (Å²) < 4.78 is 5.48. The lowest BCUT2D eigenvalue weighted by Crippen LogP contribution is -2.15. The first-order valence-corrected chi connectivity index (χ1v) is 5.62. The molecule has 0 aliphatic rings. The molecule has 0 fully saturated rings. The summed E-state index contributed by atoms with van der Waals surface area (Å²) in [5.41, 5.74) is 0. The fraction of sp³-hybridized carbons (Fsp3) is 0.222. The van der Waals surface area contributed by atoms with Crippen molar-refractivity contribution >= 4 is 23.5 Å². The molecule has 0 saturated heterocycles. The van der Waals surface area contributed by atoms with E-state index in [4.69, 9.17) is 10.2 Å². The topological polar surface area (TPSA) is 118 Å². The van der Waals surface area contributed by atoms with Gasteiger partial charge < -0.3 is 10.2 Å². The zero-order chi connectivity index (χ0) is 13.1. The first-order chi connectivity index (χ1) is 8.58. The molecule has 18 heavy (non-hydrogen) atoms. The van der Waals surface area contributed by atoms with Gasteiger partial charge in [0.2, 0.25) is 5.95 Å². The van der Waals surface area contributed by atoms with Gasteiger partial charge in [0.15, 0.2) is 0 Å². The maximum atomic E-state index is 11.0. The van der Waals surface area contributed by atoms with Crippen LogP contribution in [0.5, 0.6) is 0 Å². The Labute approximate surface area is 105 Å². The van der Waals surface area contributed by atoms with Gasteiger partial charge in [-0.25, -0.2) is 9.97 Å². The first kappa shape index (κ1) is 12.2. The minimum absolute atomic E-state index is 0.161. The van der Waals surface area contributed by atoms with Crippen molar-refractivity contribution in [2.75, 3.05) is 0 Å². The SMILES string of the molecule is O=C(O)CC(C(=O)O)c1nc(-n2ccnc2)ns1. The molecule has 0 amide bonds. The van der Waals surface area contributed by atoms with E-state index in [9.17, 15) is 9.59 Å². The summed E-state index contributed by atoms with van der Waals surface area (Å²) >= 11 is 0.872. The predicted octanol–water partition coefficient (Wildman–Crippen LogP) is 0.367. The van der Waals surface area contributed by atoms with E-state index in [-0.39, 0.29) is 11.0 Å². The Morgan fingerprint density at radius 1 is 1.44 bits per heavy atom. The van der Waals surface area contributed by atoms with Crippen LogP contribution >= 0.6 is 11.5 Å². The van der Waals surface area contributed by atoms with Crippen LogP contribution in [-0.4, -0.2) is 41.1 Å². The number of nitrogens with zero attached hydrogens (tertiary/aromatic N) is 4. The zero-order valence-electron chi connectivity index (χ0n) is 8.92. The highest BCUT2D eigenvalue weighted by Gasteiger charge is 2.27. The number of carbonyl (C=O) groups is 2. The van der Waals surface area contributed by atoms with Crippen LogP contribution in [0, 0.1) is 0 Å². The summed E-state index contributed by atoms with van der Waals surface area (Å²) in [6, 6.07) is 0. The smallest absolute Gasteiger partial charge is 0.314 e. The second kappa shape index (κ2) is 4.92. The molecule has 94 valence electrons. The number of carboxylic acids is 2. The Morgan fingerprint density at radius 3 is 2.78 bits per heavy atom. The fourth-order valence-corrected chi connectivity index (χ4v) is 2.05. The summed E-state index contributed by atoms with van der Waals surface area (Å²) in [4.78, 5) is 29.4. The largest absolute Gasteiger partial charge is 0.481 e. The Morgan fingerprint density at radius 2 is 2.22 bits per heavy atom. The molecule has 0 bridgehead atoms. The highest BCUT2D eigenvalue weighted by Crippen LogP contribution is 2.23. The Hall–Kier alpha value is -2.29. The van der Waals surface area contributed by atoms with E-state index in [1.807, 2.05) is 0 Å². The van der Waals surface area contributed by atoms with Crippen molar-refractivity contribution in [2.45, 2.75) is 12.3 Å². The summed E-state index contributed by atoms with van der Waals surface area (Å²) in [6.45, 7) is 0. The molecule has 2 N–H and O–H groups in total. The van der Waals surface area contributed by atoms with Crippen LogP contribution in [0.2, 0.25) is 0 Å². The molecule has 1 unspecified atom stereocenters. The van der Waals surface area contributed by atoms with Crippen molar-refractivity contribution in [3.8, 4) is 5.95 Å². The Balaban J connectivity index is 2.27. The van der Waals surface area contributed by atoms with Crippen LogP contribution in [0.4, 0.5) is 0 Å². The van der Waals surface area contributed by atoms with Gasteiger partial charge in [-0.1, -0.05) is 0 Å². The lowest BCUT2D eigenvalue weighted by atomic mass is 10.1. The quantitative estimate of drug-likeness (QED) is 0.803. The first-order valence-electron chi connectivity index (χ1n) is 4.84. The molecule has 0 spiro atoms. The molecular weight excluding hydrogens is 260 g/mol. The van der Waals surface area contributed by atoms with Crippen molar-refractivity contribution < 1.29 is 19.8 Å². The molecule has 0 aliphatic carbocycles. The number of hydrogen-bond donors (Lipinski definition) is 2. The van der Waals surface area contributed by atoms with Gasteiger partial charge in [0.25, 0.3) is 0 Å². The molecular formula is C9H8N4O4S. The van der Waals surface area contributed by atoms with Crippen molar-refractivity contribution in [3.05, 3.63) is 23.7 Å². The molecule has 0 aliphatic heterocycles. The van der Waals surface area contributed by atoms with Gasteiger partial charge in [0.1, 0.15) is 17.3 Å². The van der Waals surface area contributed by atoms with Crippen LogP contribution in [0.3, 0.4) is 0 Å². The standard InChI is InChI=1S/C9H8N4O4S/c14-6(15)3-5(8(16)17)7-11-9(12-18-7)13-2-1-10-4-13/h1-2,4-5H,3H2,(H,14,15)(H,16,17). The predicted molar refractivity (Wildman–Crippen MR) is 59.7 cm³/mol. The monoisotopic (exact) mass is 268 g/mol. The minimum Gasteiger partial charge on any atom is -0.481 e. The van der Waals surface area contributed by atoms with Gasteiger partial charge in [-0.3, -0.25) is 14.2 Å². The van der Waals surface area contributed by atoms with Crippen molar-refractivity contribution in [1.82, 2.24) is 18.9 Å². The maximum absolute atomic E-state index is 11.0. The van der Waals surface area contributed by atoms with Crippen LogP contribution < -0.4 is 0 Å². The van der Waals surface area contributed by atoms with E-state index in [0.29, 0.717) is 0 Å². The molecule has 8 nitrogen and oxygen atoms in total. The molecule has 9 heteroatoms. The van der Waals surface area contributed by atoms with Crippen LogP contribution in [0.1, 0.15) is 17.3 Å². The summed E-state index contributed by atoms with van der Waals surface area (Å²) in [6.07, 6.45) is 4.10. The summed E-state index contributed by atoms with van der Waals surface area (Å²) in [5, 5.41) is 17.8. The van der Waals surface area contributed by atoms with Gasteiger partial charge in [-0.15, -0.1) is 0 Å². The minimum atomic E-state index is -1.23. The van der Waals surface area contributed by atoms with Crippen molar-refractivity contribution in [3.63, 3.8) is 0 Å². The van der Waals surface area contributed by atoms with Gasteiger partial charge in [0, 0.05) is 12.4 Å². The molecule has 2 heterocycles. The molecule has 0 saturated carbocycles. The van der Waals surface area contributed by atoms with Gasteiger partial charge in [-0.05, 0) is 11.5 Å². The third-order valence-electron chi connectivity index (χ3n) is 2.14. The summed E-state index contributed by atoms with van der Waals surface area (Å²) in [7, 11) is 0. The molecule has 0 radical (unpaired) electrons. The number of imidazole rings is 1. The summed E-state index contributed by atoms with van der Waals surface area (Å²) in [5.74, 6) is -3.33. The molecule has 2 aromatic heterocycles. The van der Waals surface area contributed by atoms with Gasteiger partial charge in [-0.2, -0.15) is 4.37 Å². The van der Waals surface area contributed by atoms with E-state index in [0.717, 1.165) is 11.5 Å². The van der Waals surface area contributed by atoms with Crippen molar-refractivity contribution in [2.24, 2.45) is 0 Å². The highest BCUT2D eigenvalue weighted by atomic mass is 32.1. The average Bonchev–Trinajstić information content (AvgIpc) is 2.95. The second-order valence-corrected chi connectivity index (χ2v) is 4.17. The number of aromatic nitrogens is 4. The number of aliphatic carboxylic acids is 2. The van der Waals surface area contributed by atoms with E-state index in [2.05, 4.69) is 14.3 Å². The van der Waals surface area contributed by atoms with E-state index in [1.54, 1.807) is 6.20 Å². The lowest BCUT2D eigenvalue weighted by molar-refractivity contribution is -0.145. The van der Waals surface area contributed by atoms with E-state index < -0.39 is 24.3 Å². The normalized spacial score (nSPS) is 12.2. The third-order valence-corrected chi connectivity index (χ3v) is 2.96. The van der Waals surface area contributed by atoms with Crippen LogP contribution in [-0.2, 0) is 9.59 Å². The van der Waals surface area contributed by atoms with E-state index in [1.165, 1.54) is 17.1 Å². The molecule has 2 aromatic rings. The van der Waals surface area contributed by atoms with Gasteiger partial charge >= 0.3 is 11.9 Å². The number of carboxylic acid groups (broad SMARTS) is 2. The van der Waals surface area contributed by atoms with Crippen LogP contribution in [0.15, 0.2) is 18.7 Å². The maximum Gasteiger partial charge on any atom is 0.314 e. The van der Waals surface area contributed by atoms with Gasteiger partial charge in [0.05, 0.1) is 6.42 Å². The van der Waals surface area contributed by atoms with Crippen LogP contribution in [0.25, 0.3) is 5.95 Å². The number of rotatable bonds is 5. The number of hydrogen-bond acceptors (Lipinski definition) is 6.